The summed E-state index contributed by atoms with van der Waals surface area (Å²) in [6, 6.07) is 28.6. The third kappa shape index (κ3) is 7.36. The summed E-state index contributed by atoms with van der Waals surface area (Å²) in [6.07, 6.45) is 0. The molecule has 0 radical (unpaired) electrons. The number of nitrogens with zero attached hydrogens (tertiary/aromatic N) is 2. The Balaban J connectivity index is 0.000000225. The third-order valence-corrected chi connectivity index (χ3v) is 8.14. The van der Waals surface area contributed by atoms with Gasteiger partial charge in [-0.1, -0.05) is 62.0 Å². The molecule has 0 saturated heterocycles. The van der Waals surface area contributed by atoms with E-state index in [4.69, 9.17) is 4.74 Å². The molecule has 0 bridgehead atoms. The minimum atomic E-state index is -0.437. The van der Waals surface area contributed by atoms with Gasteiger partial charge in [0.15, 0.2) is 5.78 Å². The molecule has 4 aromatic carbocycles. The molecule has 216 valence electrons. The number of halogens is 1. The van der Waals surface area contributed by atoms with E-state index in [1.807, 2.05) is 11.8 Å². The van der Waals surface area contributed by atoms with Crippen molar-refractivity contribution in [2.45, 2.75) is 36.6 Å². The molecule has 41 heavy (non-hydrogen) atoms. The standard InChI is InChI=1S/C19H24N2S.C14H12O4.ClH/c1-4-20(5-2)15(3)14-21-16-10-6-8-12-18(16)22-19-13-9-7-11-17(19)21;1-18-9-6-7-11(13(16)8-9)14(17)10-4-2-3-5-12(10)15;/h6-13,15H,4-5,14H2,1-3H3;2-8,15-16H,1H3;1H. The molecule has 0 aromatic heterocycles. The van der Waals surface area contributed by atoms with Crippen LogP contribution in [0.25, 0.3) is 0 Å². The molecule has 1 unspecified atom stereocenters. The number of aromatic hydroxyl groups is 2. The van der Waals surface area contributed by atoms with E-state index < -0.39 is 5.78 Å². The molecule has 4 aromatic rings. The highest BCUT2D eigenvalue weighted by Gasteiger charge is 2.25. The molecule has 0 aliphatic carbocycles. The number of para-hydroxylation sites is 3. The van der Waals surface area contributed by atoms with E-state index in [0.29, 0.717) is 11.8 Å². The molecule has 1 heterocycles. The van der Waals surface area contributed by atoms with Gasteiger partial charge in [0.25, 0.3) is 0 Å². The zero-order valence-electron chi connectivity index (χ0n) is 23.8. The number of ether oxygens (including phenoxy) is 1. The van der Waals surface area contributed by atoms with Crippen LogP contribution >= 0.6 is 24.2 Å². The van der Waals surface area contributed by atoms with Crippen LogP contribution in [0.4, 0.5) is 11.4 Å². The molecule has 6 nitrogen and oxygen atoms in total. The maximum absolute atomic E-state index is 12.1. The second-order valence-corrected chi connectivity index (χ2v) is 10.5. The van der Waals surface area contributed by atoms with Gasteiger partial charge in [0.2, 0.25) is 0 Å². The van der Waals surface area contributed by atoms with Crippen molar-refractivity contribution in [3.63, 3.8) is 0 Å². The van der Waals surface area contributed by atoms with Gasteiger partial charge in [0.1, 0.15) is 17.2 Å². The van der Waals surface area contributed by atoms with Gasteiger partial charge in [0, 0.05) is 28.4 Å². The zero-order chi connectivity index (χ0) is 28.6. The smallest absolute Gasteiger partial charge is 0.200 e. The van der Waals surface area contributed by atoms with Crippen LogP contribution in [-0.4, -0.2) is 53.7 Å². The van der Waals surface area contributed by atoms with Crippen molar-refractivity contribution in [3.05, 3.63) is 102 Å². The molecule has 2 N–H and O–H groups in total. The molecule has 0 amide bonds. The average molecular weight is 593 g/mol. The van der Waals surface area contributed by atoms with Gasteiger partial charge in [-0.15, -0.1) is 12.4 Å². The lowest BCUT2D eigenvalue weighted by Crippen LogP contribution is -2.41. The number of hydrogen-bond acceptors (Lipinski definition) is 7. The maximum Gasteiger partial charge on any atom is 0.200 e. The second-order valence-electron chi connectivity index (χ2n) is 9.45. The van der Waals surface area contributed by atoms with Gasteiger partial charge in [-0.2, -0.15) is 0 Å². The molecule has 0 saturated carbocycles. The summed E-state index contributed by atoms with van der Waals surface area (Å²) in [5.74, 6) is -0.269. The van der Waals surface area contributed by atoms with Crippen molar-refractivity contribution in [1.82, 2.24) is 4.90 Å². The minimum Gasteiger partial charge on any atom is -0.507 e. The lowest BCUT2D eigenvalue weighted by Gasteiger charge is -2.37. The third-order valence-electron chi connectivity index (χ3n) is 7.01. The van der Waals surface area contributed by atoms with E-state index in [2.05, 4.69) is 79.1 Å². The van der Waals surface area contributed by atoms with Crippen molar-refractivity contribution in [2.75, 3.05) is 31.6 Å². The number of ketones is 1. The highest BCUT2D eigenvalue weighted by molar-refractivity contribution is 7.99. The first-order chi connectivity index (χ1) is 19.4. The van der Waals surface area contributed by atoms with Crippen LogP contribution in [-0.2, 0) is 0 Å². The monoisotopic (exact) mass is 592 g/mol. The molecule has 1 aliphatic heterocycles. The Morgan fingerprint density at radius 3 is 1.90 bits per heavy atom. The van der Waals surface area contributed by atoms with Crippen LogP contribution in [0.2, 0.25) is 0 Å². The number of benzene rings is 4. The van der Waals surface area contributed by atoms with E-state index in [1.54, 1.807) is 18.2 Å². The Morgan fingerprint density at radius 2 is 1.37 bits per heavy atom. The number of anilines is 2. The van der Waals surface area contributed by atoms with Crippen LogP contribution in [0.5, 0.6) is 17.2 Å². The van der Waals surface area contributed by atoms with Crippen molar-refractivity contribution < 1.29 is 19.7 Å². The lowest BCUT2D eigenvalue weighted by atomic mass is 10.0. The zero-order valence-corrected chi connectivity index (χ0v) is 25.4. The SMILES string of the molecule is CCN(CC)C(C)CN1c2ccccc2Sc2ccccc21.COc1ccc(C(=O)c2ccccc2O)c(O)c1.Cl. The van der Waals surface area contributed by atoms with Gasteiger partial charge in [-0.05, 0) is 68.5 Å². The highest BCUT2D eigenvalue weighted by atomic mass is 35.5. The number of carbonyl (C=O) groups is 1. The topological polar surface area (TPSA) is 73.2 Å². The number of phenolic OH excluding ortho intramolecular Hbond substituents is 2. The number of rotatable bonds is 8. The molecule has 8 heteroatoms. The van der Waals surface area contributed by atoms with Gasteiger partial charge in [-0.25, -0.2) is 0 Å². The highest BCUT2D eigenvalue weighted by Crippen LogP contribution is 2.47. The van der Waals surface area contributed by atoms with E-state index >= 15 is 0 Å². The molecular weight excluding hydrogens is 556 g/mol. The Bertz CT molecular complexity index is 1420. The fraction of sp³-hybridized carbons (Fsp3) is 0.242. The van der Waals surface area contributed by atoms with Gasteiger partial charge >= 0.3 is 0 Å². The molecular formula is C33H37ClN2O4S. The summed E-state index contributed by atoms with van der Waals surface area (Å²) in [5.41, 5.74) is 2.95. The molecule has 1 atom stereocenters. The maximum atomic E-state index is 12.1. The summed E-state index contributed by atoms with van der Waals surface area (Å²) in [4.78, 5) is 19.8. The van der Waals surface area contributed by atoms with Crippen molar-refractivity contribution in [2.24, 2.45) is 0 Å². The van der Waals surface area contributed by atoms with E-state index in [9.17, 15) is 15.0 Å². The fourth-order valence-electron chi connectivity index (χ4n) is 4.85. The number of fused-ring (bicyclic) bond motifs is 2. The Hall–Kier alpha value is -3.65. The lowest BCUT2D eigenvalue weighted by molar-refractivity contribution is 0.103. The van der Waals surface area contributed by atoms with Crippen LogP contribution in [0.3, 0.4) is 0 Å². The summed E-state index contributed by atoms with van der Waals surface area (Å²) in [6.45, 7) is 10.0. The predicted octanol–water partition coefficient (Wildman–Crippen LogP) is 7.78. The van der Waals surface area contributed by atoms with Crippen molar-refractivity contribution in [3.8, 4) is 17.2 Å². The Kier molecular flexibility index (Phi) is 11.5. The molecule has 0 fully saturated rings. The average Bonchev–Trinajstić information content (AvgIpc) is 2.98. The summed E-state index contributed by atoms with van der Waals surface area (Å²) < 4.78 is 4.94. The quantitative estimate of drug-likeness (QED) is 0.202. The first-order valence-electron chi connectivity index (χ1n) is 13.4. The molecule has 0 spiro atoms. The van der Waals surface area contributed by atoms with Gasteiger partial charge < -0.3 is 19.8 Å². The summed E-state index contributed by atoms with van der Waals surface area (Å²) in [7, 11) is 1.47. The first-order valence-corrected chi connectivity index (χ1v) is 14.3. The van der Waals surface area contributed by atoms with Crippen LogP contribution in [0, 0.1) is 0 Å². The van der Waals surface area contributed by atoms with Crippen LogP contribution in [0.15, 0.2) is 101 Å². The number of phenols is 2. The van der Waals surface area contributed by atoms with Crippen molar-refractivity contribution in [1.29, 1.82) is 0 Å². The Morgan fingerprint density at radius 1 is 0.829 bits per heavy atom. The largest absolute Gasteiger partial charge is 0.507 e. The predicted molar refractivity (Wildman–Crippen MR) is 170 cm³/mol. The fourth-order valence-corrected chi connectivity index (χ4v) is 5.94. The van der Waals surface area contributed by atoms with E-state index in [0.717, 1.165) is 19.6 Å². The Labute approximate surface area is 253 Å². The van der Waals surface area contributed by atoms with Crippen LogP contribution in [0.1, 0.15) is 36.7 Å². The van der Waals surface area contributed by atoms with Crippen LogP contribution < -0.4 is 9.64 Å². The second kappa shape index (κ2) is 14.8. The van der Waals surface area contributed by atoms with Gasteiger partial charge in [-0.3, -0.25) is 9.69 Å². The number of methoxy groups -OCH3 is 1. The minimum absolute atomic E-state index is 0. The number of hydrogen-bond donors (Lipinski definition) is 2. The van der Waals surface area contributed by atoms with Gasteiger partial charge in [0.05, 0.1) is 29.6 Å². The normalized spacial score (nSPS) is 12.3. The first kappa shape index (κ1) is 31.9. The number of carbonyl (C=O) groups excluding carboxylic acids is 1. The molecule has 1 aliphatic rings. The van der Waals surface area contributed by atoms with Crippen molar-refractivity contribution >= 4 is 41.3 Å². The van der Waals surface area contributed by atoms with E-state index in [-0.39, 0.29) is 35.0 Å². The summed E-state index contributed by atoms with van der Waals surface area (Å²) in [5, 5.41) is 19.4. The molecule has 5 rings (SSSR count). The summed E-state index contributed by atoms with van der Waals surface area (Å²) >= 11 is 1.88. The number of likely N-dealkylation sites (N-methyl/N-ethyl adjacent to an activating group) is 1. The van der Waals surface area contributed by atoms with E-state index in [1.165, 1.54) is 52.5 Å².